The standard InChI is InChI=1S/C13H20ClN3O3S/c1-3-5-15-12-11(14)8-10(9-17-12)13(18)16-6-4-7-21(2,19)20/h8-9H,3-7H2,1-2H3,(H,15,17)(H,16,18). The van der Waals surface area contributed by atoms with Crippen LogP contribution in [-0.2, 0) is 9.84 Å². The van der Waals surface area contributed by atoms with Crippen LogP contribution in [0.5, 0.6) is 0 Å². The Morgan fingerprint density at radius 3 is 2.67 bits per heavy atom. The van der Waals surface area contributed by atoms with Crippen molar-refractivity contribution in [3.63, 3.8) is 0 Å². The normalized spacial score (nSPS) is 11.2. The van der Waals surface area contributed by atoms with Crippen molar-refractivity contribution in [1.29, 1.82) is 0 Å². The van der Waals surface area contributed by atoms with E-state index in [1.54, 1.807) is 6.07 Å². The Balaban J connectivity index is 2.53. The number of sulfone groups is 1. The molecular weight excluding hydrogens is 314 g/mol. The topological polar surface area (TPSA) is 88.2 Å². The molecule has 0 aromatic carbocycles. The summed E-state index contributed by atoms with van der Waals surface area (Å²) in [5, 5.41) is 6.08. The summed E-state index contributed by atoms with van der Waals surface area (Å²) in [7, 11) is -3.00. The summed E-state index contributed by atoms with van der Waals surface area (Å²) in [6, 6.07) is 1.54. The van der Waals surface area contributed by atoms with E-state index in [4.69, 9.17) is 11.6 Å². The molecule has 0 saturated carbocycles. The van der Waals surface area contributed by atoms with E-state index in [9.17, 15) is 13.2 Å². The van der Waals surface area contributed by atoms with Gasteiger partial charge in [0.15, 0.2) is 0 Å². The number of hydrogen-bond donors (Lipinski definition) is 2. The van der Waals surface area contributed by atoms with Crippen LogP contribution >= 0.6 is 11.6 Å². The minimum Gasteiger partial charge on any atom is -0.369 e. The molecule has 6 nitrogen and oxygen atoms in total. The number of carbonyl (C=O) groups excluding carboxylic acids is 1. The van der Waals surface area contributed by atoms with Gasteiger partial charge in [-0.05, 0) is 18.9 Å². The van der Waals surface area contributed by atoms with Crippen LogP contribution < -0.4 is 10.6 Å². The first-order chi connectivity index (χ1) is 9.83. The van der Waals surface area contributed by atoms with Gasteiger partial charge < -0.3 is 10.6 Å². The molecule has 1 aromatic rings. The monoisotopic (exact) mass is 333 g/mol. The van der Waals surface area contributed by atoms with E-state index in [0.717, 1.165) is 13.0 Å². The van der Waals surface area contributed by atoms with Crippen LogP contribution in [0.15, 0.2) is 12.3 Å². The van der Waals surface area contributed by atoms with Crippen molar-refractivity contribution in [2.75, 3.05) is 30.4 Å². The van der Waals surface area contributed by atoms with Crippen LogP contribution in [0.2, 0.25) is 5.02 Å². The van der Waals surface area contributed by atoms with E-state index in [-0.39, 0.29) is 11.7 Å². The molecule has 2 N–H and O–H groups in total. The fourth-order valence-corrected chi connectivity index (χ4v) is 2.48. The van der Waals surface area contributed by atoms with Gasteiger partial charge in [0.05, 0.1) is 16.3 Å². The smallest absolute Gasteiger partial charge is 0.252 e. The number of nitrogens with one attached hydrogen (secondary N) is 2. The molecule has 118 valence electrons. The Bertz CT molecular complexity index is 590. The Morgan fingerprint density at radius 2 is 2.10 bits per heavy atom. The molecule has 0 fully saturated rings. The van der Waals surface area contributed by atoms with E-state index in [1.807, 2.05) is 6.92 Å². The van der Waals surface area contributed by atoms with Gasteiger partial charge in [-0.2, -0.15) is 0 Å². The molecule has 1 heterocycles. The van der Waals surface area contributed by atoms with E-state index in [2.05, 4.69) is 15.6 Å². The maximum absolute atomic E-state index is 11.9. The first-order valence-electron chi connectivity index (χ1n) is 6.69. The minimum absolute atomic E-state index is 0.0478. The van der Waals surface area contributed by atoms with E-state index in [1.165, 1.54) is 12.5 Å². The third kappa shape index (κ3) is 6.77. The molecule has 0 saturated heterocycles. The average Bonchev–Trinajstić information content (AvgIpc) is 2.41. The fraction of sp³-hybridized carbons (Fsp3) is 0.538. The highest BCUT2D eigenvalue weighted by molar-refractivity contribution is 7.90. The summed E-state index contributed by atoms with van der Waals surface area (Å²) in [5.41, 5.74) is 0.349. The molecule has 0 radical (unpaired) electrons. The van der Waals surface area contributed by atoms with Crippen molar-refractivity contribution in [1.82, 2.24) is 10.3 Å². The zero-order valence-electron chi connectivity index (χ0n) is 12.1. The highest BCUT2D eigenvalue weighted by Gasteiger charge is 2.10. The van der Waals surface area contributed by atoms with E-state index < -0.39 is 9.84 Å². The Kier molecular flexibility index (Phi) is 6.91. The van der Waals surface area contributed by atoms with Crippen LogP contribution in [-0.4, -0.2) is 44.4 Å². The van der Waals surface area contributed by atoms with Crippen molar-refractivity contribution in [3.8, 4) is 0 Å². The molecule has 0 spiro atoms. The molecule has 0 bridgehead atoms. The van der Waals surface area contributed by atoms with Gasteiger partial charge in [0.1, 0.15) is 15.7 Å². The van der Waals surface area contributed by atoms with Crippen molar-refractivity contribution < 1.29 is 13.2 Å². The maximum Gasteiger partial charge on any atom is 0.252 e. The zero-order valence-corrected chi connectivity index (χ0v) is 13.7. The zero-order chi connectivity index (χ0) is 15.9. The summed E-state index contributed by atoms with van der Waals surface area (Å²) in [4.78, 5) is 16.0. The molecular formula is C13H20ClN3O3S. The number of pyridine rings is 1. The lowest BCUT2D eigenvalue weighted by Crippen LogP contribution is -2.26. The number of carbonyl (C=O) groups is 1. The molecule has 0 unspecified atom stereocenters. The SMILES string of the molecule is CCCNc1ncc(C(=O)NCCCS(C)(=O)=O)cc1Cl. The van der Waals surface area contributed by atoms with Gasteiger partial charge in [0.2, 0.25) is 0 Å². The van der Waals surface area contributed by atoms with Gasteiger partial charge in [0, 0.05) is 25.5 Å². The number of anilines is 1. The fourth-order valence-electron chi connectivity index (χ4n) is 1.57. The average molecular weight is 334 g/mol. The van der Waals surface area contributed by atoms with E-state index in [0.29, 0.717) is 29.4 Å². The third-order valence-electron chi connectivity index (χ3n) is 2.62. The summed E-state index contributed by atoms with van der Waals surface area (Å²) < 4.78 is 21.9. The predicted molar refractivity (Wildman–Crippen MR) is 84.7 cm³/mol. The highest BCUT2D eigenvalue weighted by atomic mass is 35.5. The minimum atomic E-state index is -3.00. The van der Waals surface area contributed by atoms with Crippen LogP contribution in [0.1, 0.15) is 30.1 Å². The molecule has 21 heavy (non-hydrogen) atoms. The van der Waals surface area contributed by atoms with Gasteiger partial charge in [-0.25, -0.2) is 13.4 Å². The van der Waals surface area contributed by atoms with Gasteiger partial charge in [-0.15, -0.1) is 0 Å². The number of rotatable bonds is 8. The van der Waals surface area contributed by atoms with Crippen molar-refractivity contribution in [2.45, 2.75) is 19.8 Å². The molecule has 1 rings (SSSR count). The van der Waals surface area contributed by atoms with E-state index >= 15 is 0 Å². The lowest BCUT2D eigenvalue weighted by Gasteiger charge is -2.08. The lowest BCUT2D eigenvalue weighted by molar-refractivity contribution is 0.0953. The van der Waals surface area contributed by atoms with Gasteiger partial charge in [-0.3, -0.25) is 4.79 Å². The molecule has 0 aliphatic carbocycles. The van der Waals surface area contributed by atoms with Crippen LogP contribution in [0.3, 0.4) is 0 Å². The predicted octanol–water partition coefficient (Wildman–Crippen LogP) is 1.72. The molecule has 1 aromatic heterocycles. The van der Waals surface area contributed by atoms with Crippen LogP contribution in [0, 0.1) is 0 Å². The number of halogens is 1. The molecule has 0 atom stereocenters. The summed E-state index contributed by atoms with van der Waals surface area (Å²) >= 11 is 6.05. The second kappa shape index (κ2) is 8.19. The second-order valence-corrected chi connectivity index (χ2v) is 7.39. The number of hydrogen-bond acceptors (Lipinski definition) is 5. The molecule has 1 amide bonds. The lowest BCUT2D eigenvalue weighted by atomic mass is 10.2. The number of amides is 1. The summed E-state index contributed by atoms with van der Waals surface area (Å²) in [5.74, 6) is 0.277. The largest absolute Gasteiger partial charge is 0.369 e. The van der Waals surface area contributed by atoms with Crippen molar-refractivity contribution in [3.05, 3.63) is 22.8 Å². The van der Waals surface area contributed by atoms with Gasteiger partial charge in [0.25, 0.3) is 5.91 Å². The third-order valence-corrected chi connectivity index (χ3v) is 3.94. The number of aromatic nitrogens is 1. The molecule has 0 aliphatic rings. The molecule has 8 heteroatoms. The van der Waals surface area contributed by atoms with Crippen LogP contribution in [0.25, 0.3) is 0 Å². The Labute approximate surface area is 130 Å². The quantitative estimate of drug-likeness (QED) is 0.707. The highest BCUT2D eigenvalue weighted by Crippen LogP contribution is 2.19. The first kappa shape index (κ1) is 17.7. The summed E-state index contributed by atoms with van der Waals surface area (Å²) in [6.07, 6.45) is 3.93. The number of nitrogens with zero attached hydrogens (tertiary/aromatic N) is 1. The first-order valence-corrected chi connectivity index (χ1v) is 9.12. The van der Waals surface area contributed by atoms with Gasteiger partial charge in [-0.1, -0.05) is 18.5 Å². The molecule has 0 aliphatic heterocycles. The Morgan fingerprint density at radius 1 is 1.38 bits per heavy atom. The van der Waals surface area contributed by atoms with Gasteiger partial charge >= 0.3 is 0 Å². The summed E-state index contributed by atoms with van der Waals surface area (Å²) in [6.45, 7) is 3.07. The van der Waals surface area contributed by atoms with Crippen molar-refractivity contribution in [2.24, 2.45) is 0 Å². The maximum atomic E-state index is 11.9. The second-order valence-electron chi connectivity index (χ2n) is 4.72. The Hall–Kier alpha value is -1.34. The van der Waals surface area contributed by atoms with Crippen LogP contribution in [0.4, 0.5) is 5.82 Å². The van der Waals surface area contributed by atoms with Crippen molar-refractivity contribution >= 4 is 33.2 Å².